The van der Waals surface area contributed by atoms with Gasteiger partial charge in [-0.15, -0.1) is 0 Å². The van der Waals surface area contributed by atoms with E-state index in [2.05, 4.69) is 51.0 Å². The van der Waals surface area contributed by atoms with Crippen molar-refractivity contribution < 1.29 is 9.59 Å². The summed E-state index contributed by atoms with van der Waals surface area (Å²) in [4.78, 5) is 32.6. The summed E-state index contributed by atoms with van der Waals surface area (Å²) in [7, 11) is 0. The maximum atomic E-state index is 13.5. The van der Waals surface area contributed by atoms with Crippen molar-refractivity contribution in [3.63, 3.8) is 0 Å². The molecule has 2 fully saturated rings. The van der Waals surface area contributed by atoms with E-state index in [9.17, 15) is 9.59 Å². The first-order valence-corrected chi connectivity index (χ1v) is 14.6. The number of rotatable bonds is 8. The number of hydrogen-bond acceptors (Lipinski definition) is 3. The predicted molar refractivity (Wildman–Crippen MR) is 156 cm³/mol. The standard InChI is InChI=1S/C31H39BrN4O2/c1-31(2)25-9-8-24(28(31)21-25)22-36(29(37)20-23-6-4-3-5-7-23)19-16-34-14-17-35(18-15-34)30(38)33-27-12-10-26(32)11-13-27/h3-8,10-13,25,28H,9,14-22H2,1-2H3,(H,33,38). The van der Waals surface area contributed by atoms with Gasteiger partial charge in [-0.1, -0.05) is 71.8 Å². The van der Waals surface area contributed by atoms with Crippen LogP contribution in [0.5, 0.6) is 0 Å². The van der Waals surface area contributed by atoms with Crippen LogP contribution in [0, 0.1) is 17.3 Å². The Kier molecular flexibility index (Phi) is 8.24. The fraction of sp³-hybridized carbons (Fsp3) is 0.484. The van der Waals surface area contributed by atoms with Crippen molar-refractivity contribution in [2.75, 3.05) is 51.1 Å². The predicted octanol–water partition coefficient (Wildman–Crippen LogP) is 5.66. The lowest BCUT2D eigenvalue weighted by Crippen LogP contribution is -2.53. The van der Waals surface area contributed by atoms with E-state index in [-0.39, 0.29) is 11.9 Å². The molecular formula is C31H39BrN4O2. The van der Waals surface area contributed by atoms with E-state index in [0.717, 1.165) is 54.2 Å². The Hall–Kier alpha value is -2.64. The summed E-state index contributed by atoms with van der Waals surface area (Å²) < 4.78 is 0.987. The lowest BCUT2D eigenvalue weighted by molar-refractivity contribution is -0.130. The number of hydrogen-bond donors (Lipinski definition) is 1. The number of anilines is 1. The molecule has 38 heavy (non-hydrogen) atoms. The molecule has 2 bridgehead atoms. The Labute approximate surface area is 235 Å². The number of nitrogens with zero attached hydrogens (tertiary/aromatic N) is 3. The number of benzene rings is 2. The third kappa shape index (κ3) is 6.15. The Balaban J connectivity index is 1.16. The van der Waals surface area contributed by atoms with Crippen LogP contribution in [0.4, 0.5) is 10.5 Å². The third-order valence-corrected chi connectivity index (χ3v) is 9.48. The molecule has 2 atom stereocenters. The number of allylic oxidation sites excluding steroid dienone is 1. The van der Waals surface area contributed by atoms with E-state index < -0.39 is 0 Å². The molecule has 202 valence electrons. The van der Waals surface area contributed by atoms with Gasteiger partial charge in [0.05, 0.1) is 6.42 Å². The Bertz CT molecular complexity index is 1160. The molecule has 2 aromatic carbocycles. The quantitative estimate of drug-likeness (QED) is 0.411. The van der Waals surface area contributed by atoms with Crippen LogP contribution in [0.1, 0.15) is 32.3 Å². The van der Waals surface area contributed by atoms with Crippen LogP contribution in [0.25, 0.3) is 0 Å². The van der Waals surface area contributed by atoms with Crippen molar-refractivity contribution in [3.8, 4) is 0 Å². The van der Waals surface area contributed by atoms with Gasteiger partial charge in [-0.05, 0) is 59.9 Å². The zero-order valence-corrected chi connectivity index (χ0v) is 24.1. The zero-order valence-electron chi connectivity index (χ0n) is 22.5. The monoisotopic (exact) mass is 578 g/mol. The van der Waals surface area contributed by atoms with Crippen molar-refractivity contribution >= 4 is 33.6 Å². The van der Waals surface area contributed by atoms with E-state index in [1.54, 1.807) is 0 Å². The van der Waals surface area contributed by atoms with Gasteiger partial charge < -0.3 is 15.1 Å². The molecule has 2 aromatic rings. The van der Waals surface area contributed by atoms with Crippen molar-refractivity contribution in [2.24, 2.45) is 17.3 Å². The normalized spacial score (nSPS) is 22.3. The van der Waals surface area contributed by atoms with Gasteiger partial charge in [0, 0.05) is 56.0 Å². The molecule has 0 aromatic heterocycles. The molecule has 4 aliphatic rings. The highest BCUT2D eigenvalue weighted by Crippen LogP contribution is 2.59. The van der Waals surface area contributed by atoms with E-state index in [1.807, 2.05) is 59.5 Å². The number of amides is 3. The van der Waals surface area contributed by atoms with Gasteiger partial charge in [0.2, 0.25) is 5.91 Å². The Morgan fingerprint density at radius 1 is 1.03 bits per heavy atom. The van der Waals surface area contributed by atoms with Gasteiger partial charge in [-0.3, -0.25) is 9.69 Å². The van der Waals surface area contributed by atoms with Crippen LogP contribution >= 0.6 is 15.9 Å². The van der Waals surface area contributed by atoms with Crippen LogP contribution < -0.4 is 5.32 Å². The molecule has 3 amide bonds. The highest BCUT2D eigenvalue weighted by atomic mass is 79.9. The number of carbonyl (C=O) groups is 2. The minimum Gasteiger partial charge on any atom is -0.337 e. The second-order valence-corrected chi connectivity index (χ2v) is 12.5. The van der Waals surface area contributed by atoms with E-state index in [1.165, 1.54) is 12.0 Å². The van der Waals surface area contributed by atoms with Crippen molar-refractivity contribution in [1.29, 1.82) is 0 Å². The summed E-state index contributed by atoms with van der Waals surface area (Å²) in [5.41, 5.74) is 3.67. The van der Waals surface area contributed by atoms with Crippen molar-refractivity contribution in [2.45, 2.75) is 33.1 Å². The number of carbonyl (C=O) groups excluding carboxylic acids is 2. The number of fused-ring (bicyclic) bond motifs is 1. The summed E-state index contributed by atoms with van der Waals surface area (Å²) >= 11 is 3.43. The summed E-state index contributed by atoms with van der Waals surface area (Å²) in [6, 6.07) is 17.6. The van der Waals surface area contributed by atoms with Crippen LogP contribution in [0.2, 0.25) is 0 Å². The highest BCUT2D eigenvalue weighted by molar-refractivity contribution is 9.10. The number of piperazine rings is 1. The summed E-state index contributed by atoms with van der Waals surface area (Å²) in [5, 5.41) is 2.99. The number of urea groups is 1. The van der Waals surface area contributed by atoms with Gasteiger partial charge in [-0.2, -0.15) is 0 Å². The maximum Gasteiger partial charge on any atom is 0.321 e. The lowest BCUT2D eigenvalue weighted by atomic mass is 9.49. The molecule has 2 unspecified atom stereocenters. The van der Waals surface area contributed by atoms with Gasteiger partial charge in [0.25, 0.3) is 0 Å². The number of nitrogens with one attached hydrogen (secondary N) is 1. The first-order valence-electron chi connectivity index (χ1n) is 13.8. The molecule has 1 heterocycles. The molecule has 6 nitrogen and oxygen atoms in total. The molecule has 0 radical (unpaired) electrons. The molecule has 1 saturated heterocycles. The molecule has 3 aliphatic carbocycles. The maximum absolute atomic E-state index is 13.5. The minimum absolute atomic E-state index is 0.0581. The second kappa shape index (κ2) is 11.6. The molecule has 6 rings (SSSR count). The van der Waals surface area contributed by atoms with Crippen LogP contribution in [-0.4, -0.2) is 72.5 Å². The molecule has 7 heteroatoms. The molecule has 1 aliphatic heterocycles. The van der Waals surface area contributed by atoms with Gasteiger partial charge in [0.1, 0.15) is 0 Å². The average Bonchev–Trinajstić information content (AvgIpc) is 2.93. The van der Waals surface area contributed by atoms with Crippen LogP contribution in [0.3, 0.4) is 0 Å². The summed E-state index contributed by atoms with van der Waals surface area (Å²) in [5.74, 6) is 1.59. The van der Waals surface area contributed by atoms with Crippen molar-refractivity contribution in [3.05, 3.63) is 76.3 Å². The minimum atomic E-state index is -0.0581. The first-order chi connectivity index (χ1) is 18.3. The molecular weight excluding hydrogens is 540 g/mol. The summed E-state index contributed by atoms with van der Waals surface area (Å²) in [6.07, 6.45) is 5.26. The molecule has 1 N–H and O–H groups in total. The topological polar surface area (TPSA) is 55.9 Å². The van der Waals surface area contributed by atoms with E-state index in [0.29, 0.717) is 37.4 Å². The van der Waals surface area contributed by atoms with Gasteiger partial charge >= 0.3 is 6.03 Å². The van der Waals surface area contributed by atoms with Gasteiger partial charge in [-0.25, -0.2) is 4.79 Å². The second-order valence-electron chi connectivity index (χ2n) is 11.6. The van der Waals surface area contributed by atoms with Crippen LogP contribution in [0.15, 0.2) is 70.7 Å². The molecule has 0 spiro atoms. The lowest BCUT2D eigenvalue weighted by Gasteiger charge is -2.57. The molecule has 1 saturated carbocycles. The third-order valence-electron chi connectivity index (χ3n) is 8.95. The smallest absolute Gasteiger partial charge is 0.321 e. The average molecular weight is 580 g/mol. The zero-order chi connectivity index (χ0) is 26.7. The van der Waals surface area contributed by atoms with E-state index in [4.69, 9.17) is 0 Å². The summed E-state index contributed by atoms with van der Waals surface area (Å²) in [6.45, 7) is 10.1. The fourth-order valence-corrected chi connectivity index (χ4v) is 6.49. The first kappa shape index (κ1) is 26.9. The Morgan fingerprint density at radius 3 is 2.39 bits per heavy atom. The SMILES string of the molecule is CC1(C)C2CC=C(CN(CCN3CCN(C(=O)Nc4ccc(Br)cc4)CC3)C(=O)Cc3ccccc3)C1C2. The fourth-order valence-electron chi connectivity index (χ4n) is 6.22. The Morgan fingerprint density at radius 2 is 1.74 bits per heavy atom. The van der Waals surface area contributed by atoms with Crippen molar-refractivity contribution in [1.82, 2.24) is 14.7 Å². The highest BCUT2D eigenvalue weighted by Gasteiger charge is 2.51. The number of halogens is 1. The largest absolute Gasteiger partial charge is 0.337 e. The van der Waals surface area contributed by atoms with E-state index >= 15 is 0 Å². The van der Waals surface area contributed by atoms with Crippen LogP contribution in [-0.2, 0) is 11.2 Å². The van der Waals surface area contributed by atoms with Gasteiger partial charge in [0.15, 0.2) is 0 Å².